The van der Waals surface area contributed by atoms with Crippen LogP contribution in [0.3, 0.4) is 0 Å². The molecule has 1 amide bonds. The van der Waals surface area contributed by atoms with E-state index in [1.165, 1.54) is 11.8 Å². The maximum absolute atomic E-state index is 12.4. The van der Waals surface area contributed by atoms with E-state index in [0.717, 1.165) is 10.7 Å². The van der Waals surface area contributed by atoms with Gasteiger partial charge in [0, 0.05) is 22.9 Å². The molecule has 0 aliphatic carbocycles. The van der Waals surface area contributed by atoms with E-state index in [2.05, 4.69) is 10.3 Å². The van der Waals surface area contributed by atoms with Gasteiger partial charge >= 0.3 is 0 Å². The van der Waals surface area contributed by atoms with E-state index >= 15 is 0 Å². The molecule has 0 saturated carbocycles. The van der Waals surface area contributed by atoms with Gasteiger partial charge in [0.05, 0.1) is 17.5 Å². The molecule has 6 heteroatoms. The maximum Gasteiger partial charge on any atom is 0.229 e. The van der Waals surface area contributed by atoms with Gasteiger partial charge in [0.15, 0.2) is 10.9 Å². The number of carbonyl (C=O) groups is 2. The second-order valence-corrected chi connectivity index (χ2v) is 7.97. The Morgan fingerprint density at radius 1 is 1.12 bits per heavy atom. The van der Waals surface area contributed by atoms with Crippen molar-refractivity contribution in [1.82, 2.24) is 9.38 Å². The van der Waals surface area contributed by atoms with Gasteiger partial charge in [-0.25, -0.2) is 4.98 Å². The molecule has 1 N–H and O–H groups in total. The first kappa shape index (κ1) is 18.2. The zero-order chi connectivity index (χ0) is 18.7. The largest absolute Gasteiger partial charge is 0.326 e. The number of anilines is 1. The molecule has 0 aliphatic heterocycles. The molecule has 0 spiro atoms. The predicted molar refractivity (Wildman–Crippen MR) is 105 cm³/mol. The highest BCUT2D eigenvalue weighted by atomic mass is 32.2. The maximum atomic E-state index is 12.4. The number of imidazole rings is 1. The number of rotatable bonds is 5. The number of nitrogens with zero attached hydrogens (tertiary/aromatic N) is 2. The fourth-order valence-corrected chi connectivity index (χ4v) is 3.16. The highest BCUT2D eigenvalue weighted by Crippen LogP contribution is 2.21. The zero-order valence-electron chi connectivity index (χ0n) is 15.0. The number of ketones is 1. The Labute approximate surface area is 156 Å². The number of carbonyl (C=O) groups excluding carboxylic acids is 2. The molecule has 2 heterocycles. The lowest BCUT2D eigenvalue weighted by Gasteiger charge is -2.17. The van der Waals surface area contributed by atoms with E-state index in [4.69, 9.17) is 0 Å². The summed E-state index contributed by atoms with van der Waals surface area (Å²) in [5.41, 5.74) is 1.85. The second kappa shape index (κ2) is 7.33. The van der Waals surface area contributed by atoms with E-state index < -0.39 is 5.41 Å². The summed E-state index contributed by atoms with van der Waals surface area (Å²) in [5, 5.41) is 3.65. The van der Waals surface area contributed by atoms with Crippen molar-refractivity contribution in [2.75, 3.05) is 11.1 Å². The fraction of sp³-hybridized carbons (Fsp3) is 0.250. The van der Waals surface area contributed by atoms with Crippen molar-refractivity contribution >= 4 is 34.7 Å². The number of thioether (sulfide) groups is 1. The quantitative estimate of drug-likeness (QED) is 0.540. The predicted octanol–water partition coefficient (Wildman–Crippen LogP) is 4.29. The Hall–Kier alpha value is -2.60. The monoisotopic (exact) mass is 367 g/mol. The minimum Gasteiger partial charge on any atom is -0.326 e. The van der Waals surface area contributed by atoms with Gasteiger partial charge in [-0.1, -0.05) is 38.6 Å². The Kier molecular flexibility index (Phi) is 5.13. The number of nitrogens with one attached hydrogen (secondary N) is 1. The van der Waals surface area contributed by atoms with E-state index in [1.807, 2.05) is 49.6 Å². The molecule has 134 valence electrons. The van der Waals surface area contributed by atoms with Gasteiger partial charge in [0.1, 0.15) is 0 Å². The minimum absolute atomic E-state index is 0.0244. The normalized spacial score (nSPS) is 11.5. The number of pyridine rings is 1. The SMILES string of the molecule is CC(C)(C)C(=O)Nc1ccc(C(=O)CSc2ncc3ccccn23)cc1. The fourth-order valence-electron chi connectivity index (χ4n) is 2.30. The Morgan fingerprint density at radius 3 is 2.54 bits per heavy atom. The molecule has 3 rings (SSSR count). The van der Waals surface area contributed by atoms with Crippen LogP contribution in [0.4, 0.5) is 5.69 Å². The molecule has 0 atom stereocenters. The number of benzene rings is 1. The van der Waals surface area contributed by atoms with Gasteiger partial charge in [-0.3, -0.25) is 14.0 Å². The summed E-state index contributed by atoms with van der Waals surface area (Å²) in [6.45, 7) is 5.57. The van der Waals surface area contributed by atoms with Crippen molar-refractivity contribution in [1.29, 1.82) is 0 Å². The van der Waals surface area contributed by atoms with E-state index in [0.29, 0.717) is 17.0 Å². The van der Waals surface area contributed by atoms with Crippen LogP contribution < -0.4 is 5.32 Å². The Morgan fingerprint density at radius 2 is 1.85 bits per heavy atom. The molecule has 0 unspecified atom stereocenters. The lowest BCUT2D eigenvalue weighted by Crippen LogP contribution is -2.27. The average molecular weight is 367 g/mol. The Bertz CT molecular complexity index is 940. The molecule has 0 fully saturated rings. The molecular formula is C20H21N3O2S. The van der Waals surface area contributed by atoms with Crippen LogP contribution in [0, 0.1) is 5.41 Å². The Balaban J connectivity index is 1.62. The van der Waals surface area contributed by atoms with Gasteiger partial charge in [0.2, 0.25) is 5.91 Å². The zero-order valence-corrected chi connectivity index (χ0v) is 15.8. The first-order chi connectivity index (χ1) is 12.3. The highest BCUT2D eigenvalue weighted by Gasteiger charge is 2.21. The molecular weight excluding hydrogens is 346 g/mol. The first-order valence-corrected chi connectivity index (χ1v) is 9.33. The van der Waals surface area contributed by atoms with Crippen LogP contribution in [0.25, 0.3) is 5.52 Å². The third kappa shape index (κ3) is 4.14. The summed E-state index contributed by atoms with van der Waals surface area (Å²) in [7, 11) is 0. The number of aromatic nitrogens is 2. The van der Waals surface area contributed by atoms with Crippen LogP contribution in [-0.4, -0.2) is 26.8 Å². The van der Waals surface area contributed by atoms with Gasteiger partial charge in [-0.2, -0.15) is 0 Å². The summed E-state index contributed by atoms with van der Waals surface area (Å²) in [4.78, 5) is 28.8. The van der Waals surface area contributed by atoms with Gasteiger partial charge < -0.3 is 5.32 Å². The molecule has 0 aliphatic rings. The summed E-state index contributed by atoms with van der Waals surface area (Å²) in [5.74, 6) is 0.275. The van der Waals surface area contributed by atoms with Gasteiger partial charge in [-0.15, -0.1) is 0 Å². The van der Waals surface area contributed by atoms with Gasteiger partial charge in [0.25, 0.3) is 0 Å². The lowest BCUT2D eigenvalue weighted by molar-refractivity contribution is -0.123. The van der Waals surface area contributed by atoms with Crippen LogP contribution >= 0.6 is 11.8 Å². The van der Waals surface area contributed by atoms with Crippen molar-refractivity contribution in [2.24, 2.45) is 5.41 Å². The second-order valence-electron chi connectivity index (χ2n) is 7.03. The lowest BCUT2D eigenvalue weighted by atomic mass is 9.95. The van der Waals surface area contributed by atoms with Crippen molar-refractivity contribution < 1.29 is 9.59 Å². The molecule has 5 nitrogen and oxygen atoms in total. The summed E-state index contributed by atoms with van der Waals surface area (Å²) < 4.78 is 1.96. The number of fused-ring (bicyclic) bond motifs is 1. The molecule has 0 radical (unpaired) electrons. The van der Waals surface area contributed by atoms with Crippen LogP contribution in [0.1, 0.15) is 31.1 Å². The number of amides is 1. The van der Waals surface area contributed by atoms with Crippen molar-refractivity contribution in [3.8, 4) is 0 Å². The minimum atomic E-state index is -0.460. The summed E-state index contributed by atoms with van der Waals surface area (Å²) in [6.07, 6.45) is 3.72. The summed E-state index contributed by atoms with van der Waals surface area (Å²) in [6, 6.07) is 12.9. The van der Waals surface area contributed by atoms with Crippen molar-refractivity contribution in [3.05, 3.63) is 60.4 Å². The molecule has 2 aromatic heterocycles. The van der Waals surface area contributed by atoms with Crippen LogP contribution in [0.15, 0.2) is 60.0 Å². The third-order valence-electron chi connectivity index (χ3n) is 3.88. The molecule has 0 bridgehead atoms. The number of hydrogen-bond donors (Lipinski definition) is 1. The number of Topliss-reactive ketones (excluding diaryl/α,β-unsaturated/α-hetero) is 1. The van der Waals surface area contributed by atoms with Gasteiger partial charge in [-0.05, 0) is 36.4 Å². The highest BCUT2D eigenvalue weighted by molar-refractivity contribution is 7.99. The van der Waals surface area contributed by atoms with Crippen LogP contribution in [-0.2, 0) is 4.79 Å². The number of hydrogen-bond acceptors (Lipinski definition) is 4. The molecule has 1 aromatic carbocycles. The average Bonchev–Trinajstić information content (AvgIpc) is 3.02. The van der Waals surface area contributed by atoms with Crippen LogP contribution in [0.2, 0.25) is 0 Å². The third-order valence-corrected chi connectivity index (χ3v) is 4.85. The standard InChI is InChI=1S/C20H21N3O2S/c1-20(2,3)18(25)22-15-9-7-14(8-10-15)17(24)13-26-19-21-12-16-6-4-5-11-23(16)19/h4-12H,13H2,1-3H3,(H,22,25). The van der Waals surface area contributed by atoms with E-state index in [-0.39, 0.29) is 11.7 Å². The van der Waals surface area contributed by atoms with Crippen molar-refractivity contribution in [3.63, 3.8) is 0 Å². The van der Waals surface area contributed by atoms with E-state index in [1.54, 1.807) is 30.5 Å². The molecule has 3 aromatic rings. The first-order valence-electron chi connectivity index (χ1n) is 8.34. The van der Waals surface area contributed by atoms with Crippen LogP contribution in [0.5, 0.6) is 0 Å². The van der Waals surface area contributed by atoms with E-state index in [9.17, 15) is 9.59 Å². The smallest absolute Gasteiger partial charge is 0.229 e. The topological polar surface area (TPSA) is 63.5 Å². The molecule has 0 saturated heterocycles. The van der Waals surface area contributed by atoms with Crippen molar-refractivity contribution in [2.45, 2.75) is 25.9 Å². The summed E-state index contributed by atoms with van der Waals surface area (Å²) >= 11 is 1.41. The molecule has 26 heavy (non-hydrogen) atoms.